The van der Waals surface area contributed by atoms with Gasteiger partial charge in [0.15, 0.2) is 0 Å². The number of rotatable bonds is 2. The Balaban J connectivity index is 2.02. The zero-order valence-corrected chi connectivity index (χ0v) is 12.8. The summed E-state index contributed by atoms with van der Waals surface area (Å²) in [5, 5.41) is 2.13. The van der Waals surface area contributed by atoms with Crippen LogP contribution in [0, 0.1) is 12.7 Å². The third-order valence-electron chi connectivity index (χ3n) is 3.05. The molecule has 0 spiro atoms. The highest BCUT2D eigenvalue weighted by atomic mass is 35.5. The first-order chi connectivity index (χ1) is 10.5. The highest BCUT2D eigenvalue weighted by Crippen LogP contribution is 2.18. The Morgan fingerprint density at radius 3 is 2.91 bits per heavy atom. The molecule has 1 aromatic carbocycles. The second-order valence-electron chi connectivity index (χ2n) is 4.50. The highest BCUT2D eigenvalue weighted by Gasteiger charge is 2.15. The van der Waals surface area contributed by atoms with Gasteiger partial charge in [-0.3, -0.25) is 15.0 Å². The molecular formula is C14H9ClFN3O2S. The molecule has 0 fully saturated rings. The van der Waals surface area contributed by atoms with Crippen LogP contribution in [0.2, 0.25) is 5.02 Å². The fourth-order valence-corrected chi connectivity index (χ4v) is 3.04. The summed E-state index contributed by atoms with van der Waals surface area (Å²) in [5.74, 6) is -0.825. The van der Waals surface area contributed by atoms with Crippen molar-refractivity contribution in [3.8, 4) is 0 Å². The smallest absolute Gasteiger partial charge is 0.267 e. The monoisotopic (exact) mass is 337 g/mol. The molecule has 1 N–H and O–H groups in total. The SMILES string of the molecule is Cc1nc2sccc2c(=O)n1NC(=O)c1ccc(F)cc1Cl. The van der Waals surface area contributed by atoms with Gasteiger partial charge in [0.2, 0.25) is 0 Å². The second-order valence-corrected chi connectivity index (χ2v) is 5.81. The number of fused-ring (bicyclic) bond motifs is 1. The van der Waals surface area contributed by atoms with E-state index in [1.807, 2.05) is 0 Å². The number of carbonyl (C=O) groups excluding carboxylic acids is 1. The first-order valence-corrected chi connectivity index (χ1v) is 7.46. The molecule has 0 atom stereocenters. The molecule has 0 saturated carbocycles. The molecule has 3 rings (SSSR count). The van der Waals surface area contributed by atoms with Crippen LogP contribution in [-0.4, -0.2) is 15.6 Å². The highest BCUT2D eigenvalue weighted by molar-refractivity contribution is 7.16. The third-order valence-corrected chi connectivity index (χ3v) is 4.17. The van der Waals surface area contributed by atoms with E-state index in [2.05, 4.69) is 10.4 Å². The Bertz CT molecular complexity index is 951. The molecule has 22 heavy (non-hydrogen) atoms. The van der Waals surface area contributed by atoms with E-state index in [0.717, 1.165) is 16.8 Å². The molecule has 0 aliphatic carbocycles. The lowest BCUT2D eigenvalue weighted by molar-refractivity contribution is 0.101. The van der Waals surface area contributed by atoms with Crippen molar-refractivity contribution in [3.05, 3.63) is 62.2 Å². The number of aryl methyl sites for hydroxylation is 1. The van der Waals surface area contributed by atoms with Crippen molar-refractivity contribution in [2.24, 2.45) is 0 Å². The normalized spacial score (nSPS) is 10.9. The zero-order valence-electron chi connectivity index (χ0n) is 11.3. The number of aromatic nitrogens is 2. The van der Waals surface area contributed by atoms with Crippen LogP contribution in [0.1, 0.15) is 16.2 Å². The maximum atomic E-state index is 13.0. The Morgan fingerprint density at radius 2 is 2.18 bits per heavy atom. The fourth-order valence-electron chi connectivity index (χ4n) is 1.98. The minimum absolute atomic E-state index is 0.0345. The molecule has 0 radical (unpaired) electrons. The van der Waals surface area contributed by atoms with Crippen LogP contribution in [0.3, 0.4) is 0 Å². The van der Waals surface area contributed by atoms with E-state index < -0.39 is 11.7 Å². The van der Waals surface area contributed by atoms with Crippen LogP contribution in [0.15, 0.2) is 34.4 Å². The summed E-state index contributed by atoms with van der Waals surface area (Å²) < 4.78 is 14.1. The maximum Gasteiger partial charge on any atom is 0.281 e. The number of nitrogens with zero attached hydrogens (tertiary/aromatic N) is 2. The van der Waals surface area contributed by atoms with Gasteiger partial charge in [-0.25, -0.2) is 14.1 Å². The molecule has 2 heterocycles. The van der Waals surface area contributed by atoms with E-state index >= 15 is 0 Å². The summed E-state index contributed by atoms with van der Waals surface area (Å²) >= 11 is 7.19. The predicted octanol–water partition coefficient (Wildman–Crippen LogP) is 2.94. The Morgan fingerprint density at radius 1 is 1.41 bits per heavy atom. The predicted molar refractivity (Wildman–Crippen MR) is 83.7 cm³/mol. The van der Waals surface area contributed by atoms with Crippen molar-refractivity contribution in [2.75, 3.05) is 5.43 Å². The molecule has 2 aromatic heterocycles. The molecule has 0 unspecified atom stereocenters. The van der Waals surface area contributed by atoms with Gasteiger partial charge in [0.1, 0.15) is 16.5 Å². The summed E-state index contributed by atoms with van der Waals surface area (Å²) in [7, 11) is 0. The molecule has 0 aliphatic rings. The van der Waals surface area contributed by atoms with E-state index in [1.54, 1.807) is 18.4 Å². The van der Waals surface area contributed by atoms with Gasteiger partial charge in [0.25, 0.3) is 11.5 Å². The number of hydrogen-bond donors (Lipinski definition) is 1. The summed E-state index contributed by atoms with van der Waals surface area (Å²) in [6.07, 6.45) is 0. The number of benzene rings is 1. The first-order valence-electron chi connectivity index (χ1n) is 6.20. The minimum atomic E-state index is -0.619. The van der Waals surface area contributed by atoms with Crippen LogP contribution in [0.5, 0.6) is 0 Å². The van der Waals surface area contributed by atoms with Gasteiger partial charge in [-0.2, -0.15) is 0 Å². The van der Waals surface area contributed by atoms with Gasteiger partial charge in [0, 0.05) is 0 Å². The number of hydrogen-bond acceptors (Lipinski definition) is 4. The van der Waals surface area contributed by atoms with Crippen LogP contribution in [-0.2, 0) is 0 Å². The van der Waals surface area contributed by atoms with E-state index in [4.69, 9.17) is 11.6 Å². The summed E-state index contributed by atoms with van der Waals surface area (Å²) in [6, 6.07) is 5.05. The zero-order chi connectivity index (χ0) is 15.9. The average molecular weight is 338 g/mol. The van der Waals surface area contributed by atoms with Crippen LogP contribution >= 0.6 is 22.9 Å². The Hall–Kier alpha value is -2.25. The van der Waals surface area contributed by atoms with Crippen LogP contribution in [0.25, 0.3) is 10.2 Å². The number of carbonyl (C=O) groups is 1. The largest absolute Gasteiger partial charge is 0.281 e. The standard InChI is InChI=1S/C14H9ClFN3O2S/c1-7-17-13-10(4-5-22-13)14(21)19(7)18-12(20)9-3-2-8(16)6-11(9)15/h2-6H,1H3,(H,18,20). The fraction of sp³-hybridized carbons (Fsp3) is 0.0714. The molecule has 0 bridgehead atoms. The number of thiophene rings is 1. The number of halogens is 2. The van der Waals surface area contributed by atoms with Gasteiger partial charge < -0.3 is 0 Å². The number of nitrogens with one attached hydrogen (secondary N) is 1. The van der Waals surface area contributed by atoms with Crippen molar-refractivity contribution in [3.63, 3.8) is 0 Å². The summed E-state index contributed by atoms with van der Waals surface area (Å²) in [5.41, 5.74) is 2.13. The molecule has 1 amide bonds. The quantitative estimate of drug-likeness (QED) is 0.782. The molecule has 5 nitrogen and oxygen atoms in total. The van der Waals surface area contributed by atoms with Crippen molar-refractivity contribution in [2.45, 2.75) is 6.92 Å². The lowest BCUT2D eigenvalue weighted by Crippen LogP contribution is -2.35. The lowest BCUT2D eigenvalue weighted by Gasteiger charge is -2.11. The van der Waals surface area contributed by atoms with Gasteiger partial charge in [-0.05, 0) is 36.6 Å². The van der Waals surface area contributed by atoms with Gasteiger partial charge in [-0.1, -0.05) is 11.6 Å². The maximum absolute atomic E-state index is 13.0. The average Bonchev–Trinajstić information content (AvgIpc) is 2.91. The molecule has 112 valence electrons. The number of amides is 1. The van der Waals surface area contributed by atoms with E-state index in [-0.39, 0.29) is 16.1 Å². The first kappa shape index (κ1) is 14.7. The van der Waals surface area contributed by atoms with Crippen molar-refractivity contribution >= 4 is 39.1 Å². The molecule has 0 saturated heterocycles. The summed E-state index contributed by atoms with van der Waals surface area (Å²) in [4.78, 5) is 29.4. The Kier molecular flexibility index (Phi) is 3.67. The lowest BCUT2D eigenvalue weighted by atomic mass is 10.2. The van der Waals surface area contributed by atoms with Crippen LogP contribution < -0.4 is 11.0 Å². The van der Waals surface area contributed by atoms with Gasteiger partial charge in [-0.15, -0.1) is 11.3 Å². The van der Waals surface area contributed by atoms with Crippen LogP contribution in [0.4, 0.5) is 4.39 Å². The van der Waals surface area contributed by atoms with Crippen molar-refractivity contribution < 1.29 is 9.18 Å². The van der Waals surface area contributed by atoms with Gasteiger partial charge >= 0.3 is 0 Å². The molecule has 3 aromatic rings. The van der Waals surface area contributed by atoms with Crippen molar-refractivity contribution in [1.29, 1.82) is 0 Å². The topological polar surface area (TPSA) is 64.0 Å². The third kappa shape index (κ3) is 2.49. The molecule has 0 aliphatic heterocycles. The summed E-state index contributed by atoms with van der Waals surface area (Å²) in [6.45, 7) is 1.60. The van der Waals surface area contributed by atoms with E-state index in [9.17, 15) is 14.0 Å². The van der Waals surface area contributed by atoms with E-state index in [1.165, 1.54) is 17.4 Å². The second kappa shape index (κ2) is 5.51. The van der Waals surface area contributed by atoms with Crippen molar-refractivity contribution in [1.82, 2.24) is 9.66 Å². The Labute approximate surface area is 133 Å². The van der Waals surface area contributed by atoms with Gasteiger partial charge in [0.05, 0.1) is 16.0 Å². The molecule has 8 heteroatoms. The van der Waals surface area contributed by atoms with E-state index in [0.29, 0.717) is 16.0 Å². The minimum Gasteiger partial charge on any atom is -0.267 e. The molecular weight excluding hydrogens is 329 g/mol.